The van der Waals surface area contributed by atoms with E-state index in [2.05, 4.69) is 15.6 Å². The first-order valence-electron chi connectivity index (χ1n) is 7.14. The summed E-state index contributed by atoms with van der Waals surface area (Å²) in [4.78, 5) is 14.2. The molecule has 0 aromatic carbocycles. The number of methoxy groups -OCH3 is 1. The minimum atomic E-state index is 0.145. The molecule has 0 spiro atoms. The van der Waals surface area contributed by atoms with Gasteiger partial charge < -0.3 is 15.0 Å². The zero-order valence-corrected chi connectivity index (χ0v) is 12.0. The molecule has 1 aromatic rings. The topological polar surface area (TPSA) is 72.3 Å². The van der Waals surface area contributed by atoms with Crippen molar-refractivity contribution in [2.45, 2.75) is 31.8 Å². The molecule has 1 amide bonds. The molecule has 1 aromatic heterocycles. The van der Waals surface area contributed by atoms with Crippen LogP contribution in [-0.2, 0) is 16.1 Å². The molecule has 1 N–H and O–H groups in total. The van der Waals surface area contributed by atoms with Crippen LogP contribution < -0.4 is 5.32 Å². The van der Waals surface area contributed by atoms with Crippen LogP contribution in [0.25, 0.3) is 0 Å². The van der Waals surface area contributed by atoms with Crippen molar-refractivity contribution in [3.63, 3.8) is 0 Å². The maximum atomic E-state index is 12.3. The predicted octanol–water partition coefficient (Wildman–Crippen LogP) is -0.105. The Labute approximate surface area is 119 Å². The molecule has 0 bridgehead atoms. The SMILES string of the molecule is COCCN(CC1CCCN1)C(=O)CCn1ccnn1. The highest BCUT2D eigenvalue weighted by Gasteiger charge is 2.21. The Hall–Kier alpha value is -1.47. The number of nitrogens with zero attached hydrogens (tertiary/aromatic N) is 4. The Morgan fingerprint density at radius 3 is 3.15 bits per heavy atom. The van der Waals surface area contributed by atoms with E-state index in [1.165, 1.54) is 6.42 Å². The van der Waals surface area contributed by atoms with Gasteiger partial charge in [0, 0.05) is 38.9 Å². The summed E-state index contributed by atoms with van der Waals surface area (Å²) in [6.45, 7) is 3.60. The van der Waals surface area contributed by atoms with Gasteiger partial charge in [0.25, 0.3) is 0 Å². The number of hydrogen-bond acceptors (Lipinski definition) is 5. The maximum Gasteiger partial charge on any atom is 0.224 e. The van der Waals surface area contributed by atoms with Gasteiger partial charge in [-0.05, 0) is 19.4 Å². The largest absolute Gasteiger partial charge is 0.383 e. The second-order valence-electron chi connectivity index (χ2n) is 5.04. The molecule has 1 saturated heterocycles. The lowest BCUT2D eigenvalue weighted by atomic mass is 10.2. The van der Waals surface area contributed by atoms with Gasteiger partial charge in [0.1, 0.15) is 0 Å². The average molecular weight is 281 g/mol. The van der Waals surface area contributed by atoms with Gasteiger partial charge in [-0.25, -0.2) is 0 Å². The molecule has 0 saturated carbocycles. The van der Waals surface area contributed by atoms with E-state index in [-0.39, 0.29) is 5.91 Å². The summed E-state index contributed by atoms with van der Waals surface area (Å²) in [5.74, 6) is 0.145. The summed E-state index contributed by atoms with van der Waals surface area (Å²) in [7, 11) is 1.66. The number of hydrogen-bond donors (Lipinski definition) is 1. The number of aryl methyl sites for hydroxylation is 1. The zero-order chi connectivity index (χ0) is 14.2. The normalized spacial score (nSPS) is 18.4. The van der Waals surface area contributed by atoms with E-state index < -0.39 is 0 Å². The summed E-state index contributed by atoms with van der Waals surface area (Å²) in [5.41, 5.74) is 0. The first kappa shape index (κ1) is 14.9. The Morgan fingerprint density at radius 2 is 2.50 bits per heavy atom. The average Bonchev–Trinajstić information content (AvgIpc) is 3.13. The quantitative estimate of drug-likeness (QED) is 0.720. The van der Waals surface area contributed by atoms with E-state index in [1.807, 2.05) is 4.90 Å². The van der Waals surface area contributed by atoms with Gasteiger partial charge in [-0.2, -0.15) is 0 Å². The zero-order valence-electron chi connectivity index (χ0n) is 12.0. The number of amides is 1. The number of carbonyl (C=O) groups is 1. The minimum absolute atomic E-state index is 0.145. The van der Waals surface area contributed by atoms with E-state index in [9.17, 15) is 4.79 Å². The molecule has 0 aliphatic carbocycles. The lowest BCUT2D eigenvalue weighted by molar-refractivity contribution is -0.132. The predicted molar refractivity (Wildman–Crippen MR) is 74.1 cm³/mol. The van der Waals surface area contributed by atoms with Crippen molar-refractivity contribution in [1.29, 1.82) is 0 Å². The minimum Gasteiger partial charge on any atom is -0.383 e. The molecule has 20 heavy (non-hydrogen) atoms. The summed E-state index contributed by atoms with van der Waals surface area (Å²) in [6, 6.07) is 0.419. The molecule has 1 atom stereocenters. The third kappa shape index (κ3) is 4.57. The van der Waals surface area contributed by atoms with Gasteiger partial charge in [-0.3, -0.25) is 9.48 Å². The maximum absolute atomic E-state index is 12.3. The van der Waals surface area contributed by atoms with Crippen molar-refractivity contribution in [3.05, 3.63) is 12.4 Å². The van der Waals surface area contributed by atoms with Gasteiger partial charge >= 0.3 is 0 Å². The van der Waals surface area contributed by atoms with Crippen LogP contribution in [0.5, 0.6) is 0 Å². The molecule has 1 aliphatic heterocycles. The fourth-order valence-corrected chi connectivity index (χ4v) is 2.42. The fraction of sp³-hybridized carbons (Fsp3) is 0.769. The summed E-state index contributed by atoms with van der Waals surface area (Å²) < 4.78 is 6.78. The van der Waals surface area contributed by atoms with Crippen LogP contribution >= 0.6 is 0 Å². The molecule has 1 fully saturated rings. The molecule has 2 rings (SSSR count). The summed E-state index contributed by atoms with van der Waals surface area (Å²) in [6.07, 6.45) is 6.16. The van der Waals surface area contributed by atoms with Crippen molar-refractivity contribution < 1.29 is 9.53 Å². The number of nitrogens with one attached hydrogen (secondary N) is 1. The summed E-state index contributed by atoms with van der Waals surface area (Å²) in [5, 5.41) is 11.0. The number of aromatic nitrogens is 3. The lowest BCUT2D eigenvalue weighted by Gasteiger charge is -2.25. The van der Waals surface area contributed by atoms with E-state index in [0.717, 1.165) is 19.5 Å². The summed E-state index contributed by atoms with van der Waals surface area (Å²) >= 11 is 0. The van der Waals surface area contributed by atoms with Crippen LogP contribution in [0.2, 0.25) is 0 Å². The smallest absolute Gasteiger partial charge is 0.224 e. The van der Waals surface area contributed by atoms with Crippen LogP contribution in [-0.4, -0.2) is 65.2 Å². The van der Waals surface area contributed by atoms with Gasteiger partial charge in [0.2, 0.25) is 5.91 Å². The van der Waals surface area contributed by atoms with Crippen molar-refractivity contribution in [2.75, 3.05) is 33.4 Å². The van der Waals surface area contributed by atoms with Crippen LogP contribution in [0.3, 0.4) is 0 Å². The Balaban J connectivity index is 1.81. The molecule has 112 valence electrons. The van der Waals surface area contributed by atoms with Gasteiger partial charge in [-0.15, -0.1) is 5.10 Å². The first-order valence-corrected chi connectivity index (χ1v) is 7.14. The van der Waals surface area contributed by atoms with Crippen molar-refractivity contribution in [3.8, 4) is 0 Å². The van der Waals surface area contributed by atoms with Crippen molar-refractivity contribution in [2.24, 2.45) is 0 Å². The third-order valence-electron chi connectivity index (χ3n) is 3.55. The first-order chi connectivity index (χ1) is 9.79. The van der Waals surface area contributed by atoms with Gasteiger partial charge in [-0.1, -0.05) is 5.21 Å². The van der Waals surface area contributed by atoms with Crippen LogP contribution in [0.1, 0.15) is 19.3 Å². The van der Waals surface area contributed by atoms with E-state index in [4.69, 9.17) is 4.74 Å². The second-order valence-corrected chi connectivity index (χ2v) is 5.04. The Morgan fingerprint density at radius 1 is 1.60 bits per heavy atom. The monoisotopic (exact) mass is 281 g/mol. The molecule has 0 radical (unpaired) electrons. The highest BCUT2D eigenvalue weighted by molar-refractivity contribution is 5.76. The number of carbonyl (C=O) groups excluding carboxylic acids is 1. The van der Waals surface area contributed by atoms with Crippen LogP contribution in [0, 0.1) is 0 Å². The standard InChI is InChI=1S/C13H23N5O2/c1-20-10-9-17(11-12-3-2-5-14-12)13(19)4-7-18-8-6-15-16-18/h6,8,12,14H,2-5,7,9-11H2,1H3. The highest BCUT2D eigenvalue weighted by Crippen LogP contribution is 2.08. The Kier molecular flexibility index (Phi) is 5.94. The Bertz CT molecular complexity index is 389. The molecule has 7 nitrogen and oxygen atoms in total. The molecular weight excluding hydrogens is 258 g/mol. The number of rotatable bonds is 8. The second kappa shape index (κ2) is 7.96. The third-order valence-corrected chi connectivity index (χ3v) is 3.55. The van der Waals surface area contributed by atoms with Crippen LogP contribution in [0.15, 0.2) is 12.4 Å². The highest BCUT2D eigenvalue weighted by atomic mass is 16.5. The van der Waals surface area contributed by atoms with Gasteiger partial charge in [0.05, 0.1) is 19.3 Å². The molecule has 1 unspecified atom stereocenters. The fourth-order valence-electron chi connectivity index (χ4n) is 2.42. The van der Waals surface area contributed by atoms with E-state index in [0.29, 0.717) is 32.2 Å². The van der Waals surface area contributed by atoms with Gasteiger partial charge in [0.15, 0.2) is 0 Å². The lowest BCUT2D eigenvalue weighted by Crippen LogP contribution is -2.42. The van der Waals surface area contributed by atoms with Crippen LogP contribution in [0.4, 0.5) is 0 Å². The number of ether oxygens (including phenoxy) is 1. The van der Waals surface area contributed by atoms with E-state index >= 15 is 0 Å². The van der Waals surface area contributed by atoms with Crippen molar-refractivity contribution in [1.82, 2.24) is 25.2 Å². The molecule has 2 heterocycles. The molecule has 7 heteroatoms. The van der Waals surface area contributed by atoms with Crippen molar-refractivity contribution >= 4 is 5.91 Å². The molecular formula is C13H23N5O2. The van der Waals surface area contributed by atoms with E-state index in [1.54, 1.807) is 24.2 Å². The molecule has 1 aliphatic rings.